The maximum Gasteiger partial charge on any atom is 0.0693 e. The van der Waals surface area contributed by atoms with Gasteiger partial charge in [-0.2, -0.15) is 0 Å². The number of rotatable bonds is 2. The summed E-state index contributed by atoms with van der Waals surface area (Å²) in [4.78, 5) is 1.12. The minimum atomic E-state index is 0.170. The van der Waals surface area contributed by atoms with Crippen molar-refractivity contribution in [1.82, 2.24) is 0 Å². The molecule has 4 heteroatoms. The average Bonchev–Trinajstić information content (AvgIpc) is 2.82. The van der Waals surface area contributed by atoms with Crippen LogP contribution in [0.5, 0.6) is 0 Å². The van der Waals surface area contributed by atoms with E-state index in [9.17, 15) is 0 Å². The quantitative estimate of drug-likeness (QED) is 0.816. The second-order valence-electron chi connectivity index (χ2n) is 5.65. The molecule has 1 aliphatic carbocycles. The molecule has 2 nitrogen and oxygen atoms in total. The summed E-state index contributed by atoms with van der Waals surface area (Å²) in [5, 5.41) is 1.37. The third kappa shape index (κ3) is 3.04. The molecule has 0 amide bonds. The van der Waals surface area contributed by atoms with Crippen LogP contribution < -0.4 is 5.73 Å². The number of nitrogen functional groups attached to an aromatic ring is 1. The molecule has 3 rings (SSSR count). The van der Waals surface area contributed by atoms with Gasteiger partial charge >= 0.3 is 0 Å². The van der Waals surface area contributed by atoms with Crippen molar-refractivity contribution in [2.75, 3.05) is 12.3 Å². The van der Waals surface area contributed by atoms with Crippen molar-refractivity contribution in [2.24, 2.45) is 0 Å². The summed E-state index contributed by atoms with van der Waals surface area (Å²) in [5.41, 5.74) is 7.05. The summed E-state index contributed by atoms with van der Waals surface area (Å²) in [7, 11) is 0. The van der Waals surface area contributed by atoms with E-state index in [0.717, 1.165) is 35.1 Å². The Morgan fingerprint density at radius 1 is 1.32 bits per heavy atom. The Kier molecular flexibility index (Phi) is 3.97. The fourth-order valence-corrected chi connectivity index (χ4v) is 4.84. The highest BCUT2D eigenvalue weighted by molar-refractivity contribution is 8.00. The Labute approximate surface area is 124 Å². The van der Waals surface area contributed by atoms with Crippen molar-refractivity contribution in [3.63, 3.8) is 0 Å². The molecule has 2 N–H and O–H groups in total. The maximum atomic E-state index is 6.08. The number of anilines is 1. The summed E-state index contributed by atoms with van der Waals surface area (Å²) in [5.74, 6) is 0. The van der Waals surface area contributed by atoms with Crippen molar-refractivity contribution in [3.8, 4) is 0 Å². The zero-order valence-corrected chi connectivity index (χ0v) is 12.6. The fourth-order valence-electron chi connectivity index (χ4n) is 3.24. The van der Waals surface area contributed by atoms with Gasteiger partial charge in [-0.05, 0) is 43.9 Å². The summed E-state index contributed by atoms with van der Waals surface area (Å²) in [6.07, 6.45) is 7.36. The predicted molar refractivity (Wildman–Crippen MR) is 81.9 cm³/mol. The molecular weight excluding hydrogens is 278 g/mol. The van der Waals surface area contributed by atoms with E-state index >= 15 is 0 Å². The Bertz CT molecular complexity index is 459. The van der Waals surface area contributed by atoms with Gasteiger partial charge in [-0.3, -0.25) is 0 Å². The SMILES string of the molecule is Nc1ccc(Cl)cc1SC1CCOC2(CCCC2)C1. The molecule has 0 aromatic heterocycles. The first-order valence-corrected chi connectivity index (χ1v) is 8.28. The standard InChI is InChI=1S/C15H20ClNOS/c16-11-3-4-13(17)14(9-11)19-12-5-8-18-15(10-12)6-1-2-7-15/h3-4,9,12H,1-2,5-8,10,17H2. The van der Waals surface area contributed by atoms with Gasteiger partial charge in [-0.25, -0.2) is 0 Å². The van der Waals surface area contributed by atoms with E-state index in [0.29, 0.717) is 5.25 Å². The first-order valence-electron chi connectivity index (χ1n) is 7.03. The van der Waals surface area contributed by atoms with Gasteiger partial charge in [0.25, 0.3) is 0 Å². The smallest absolute Gasteiger partial charge is 0.0693 e. The van der Waals surface area contributed by atoms with Crippen LogP contribution in [0.25, 0.3) is 0 Å². The van der Waals surface area contributed by atoms with Crippen LogP contribution in [0.2, 0.25) is 5.02 Å². The van der Waals surface area contributed by atoms with Crippen LogP contribution in [0, 0.1) is 0 Å². The summed E-state index contributed by atoms with van der Waals surface area (Å²) in [6.45, 7) is 0.887. The number of ether oxygens (including phenoxy) is 1. The number of thioether (sulfide) groups is 1. The average molecular weight is 298 g/mol. The molecule has 2 aliphatic rings. The molecule has 1 aromatic carbocycles. The third-order valence-electron chi connectivity index (χ3n) is 4.23. The van der Waals surface area contributed by atoms with Gasteiger partial charge in [0, 0.05) is 27.5 Å². The van der Waals surface area contributed by atoms with E-state index < -0.39 is 0 Å². The molecule has 0 radical (unpaired) electrons. The number of halogens is 1. The van der Waals surface area contributed by atoms with Gasteiger partial charge < -0.3 is 10.5 Å². The van der Waals surface area contributed by atoms with Crippen molar-refractivity contribution in [1.29, 1.82) is 0 Å². The Balaban J connectivity index is 1.70. The second kappa shape index (κ2) is 5.55. The van der Waals surface area contributed by atoms with Crippen molar-refractivity contribution >= 4 is 29.1 Å². The highest BCUT2D eigenvalue weighted by Crippen LogP contribution is 2.45. The summed E-state index contributed by atoms with van der Waals surface area (Å²) >= 11 is 7.94. The van der Waals surface area contributed by atoms with Crippen LogP contribution in [0.4, 0.5) is 5.69 Å². The molecule has 2 fully saturated rings. The van der Waals surface area contributed by atoms with Gasteiger partial charge in [0.2, 0.25) is 0 Å². The fraction of sp³-hybridized carbons (Fsp3) is 0.600. The van der Waals surface area contributed by atoms with Crippen LogP contribution in [0.1, 0.15) is 38.5 Å². The predicted octanol–water partition coefficient (Wildman–Crippen LogP) is 4.51. The lowest BCUT2D eigenvalue weighted by molar-refractivity contribution is -0.0703. The summed E-state index contributed by atoms with van der Waals surface area (Å²) < 4.78 is 6.08. The van der Waals surface area contributed by atoms with Crippen LogP contribution in [-0.4, -0.2) is 17.5 Å². The molecule has 1 spiro atoms. The van der Waals surface area contributed by atoms with Gasteiger partial charge in [0.1, 0.15) is 0 Å². The normalized spacial score (nSPS) is 25.8. The number of benzene rings is 1. The molecule has 1 atom stereocenters. The van der Waals surface area contributed by atoms with E-state index in [1.165, 1.54) is 25.7 Å². The Morgan fingerprint density at radius 2 is 2.11 bits per heavy atom. The highest BCUT2D eigenvalue weighted by atomic mass is 35.5. The Hall–Kier alpha value is -0.380. The molecule has 1 unspecified atom stereocenters. The first-order chi connectivity index (χ1) is 9.17. The lowest BCUT2D eigenvalue weighted by atomic mass is 9.92. The van der Waals surface area contributed by atoms with Gasteiger partial charge in [-0.15, -0.1) is 11.8 Å². The molecule has 1 aromatic rings. The van der Waals surface area contributed by atoms with Gasteiger partial charge in [0.05, 0.1) is 5.60 Å². The lowest BCUT2D eigenvalue weighted by Crippen LogP contribution is -2.38. The molecule has 19 heavy (non-hydrogen) atoms. The van der Waals surface area contributed by atoms with Crippen LogP contribution in [0.3, 0.4) is 0 Å². The zero-order chi connectivity index (χ0) is 13.3. The van der Waals surface area contributed by atoms with E-state index in [-0.39, 0.29) is 5.60 Å². The van der Waals surface area contributed by atoms with E-state index in [2.05, 4.69) is 0 Å². The maximum absolute atomic E-state index is 6.08. The number of nitrogens with two attached hydrogens (primary N) is 1. The minimum absolute atomic E-state index is 0.170. The Morgan fingerprint density at radius 3 is 2.89 bits per heavy atom. The van der Waals surface area contributed by atoms with Crippen LogP contribution in [-0.2, 0) is 4.74 Å². The van der Waals surface area contributed by atoms with Gasteiger partial charge in [0.15, 0.2) is 0 Å². The summed E-state index contributed by atoms with van der Waals surface area (Å²) in [6, 6.07) is 5.73. The van der Waals surface area contributed by atoms with Gasteiger partial charge in [-0.1, -0.05) is 24.4 Å². The number of hydrogen-bond donors (Lipinski definition) is 1. The minimum Gasteiger partial charge on any atom is -0.398 e. The van der Waals surface area contributed by atoms with Crippen LogP contribution in [0.15, 0.2) is 23.1 Å². The molecule has 1 aliphatic heterocycles. The molecular formula is C15H20ClNOS. The van der Waals surface area contributed by atoms with Crippen molar-refractivity contribution in [3.05, 3.63) is 23.2 Å². The van der Waals surface area contributed by atoms with Crippen molar-refractivity contribution in [2.45, 2.75) is 54.3 Å². The largest absolute Gasteiger partial charge is 0.398 e. The second-order valence-corrected chi connectivity index (χ2v) is 7.43. The lowest BCUT2D eigenvalue weighted by Gasteiger charge is -2.38. The third-order valence-corrected chi connectivity index (χ3v) is 5.81. The van der Waals surface area contributed by atoms with Crippen molar-refractivity contribution < 1.29 is 4.74 Å². The monoisotopic (exact) mass is 297 g/mol. The van der Waals surface area contributed by atoms with E-state index in [4.69, 9.17) is 22.1 Å². The molecule has 1 heterocycles. The van der Waals surface area contributed by atoms with Crippen LogP contribution >= 0.6 is 23.4 Å². The zero-order valence-electron chi connectivity index (χ0n) is 11.0. The van der Waals surface area contributed by atoms with E-state index in [1.807, 2.05) is 30.0 Å². The topological polar surface area (TPSA) is 35.2 Å². The highest BCUT2D eigenvalue weighted by Gasteiger charge is 2.40. The molecule has 0 bridgehead atoms. The molecule has 104 valence electrons. The molecule has 1 saturated carbocycles. The number of hydrogen-bond acceptors (Lipinski definition) is 3. The molecule has 1 saturated heterocycles. The van der Waals surface area contributed by atoms with E-state index in [1.54, 1.807) is 0 Å². The first kappa shape index (κ1) is 13.6.